The third kappa shape index (κ3) is 5.02. The van der Waals surface area contributed by atoms with Crippen LogP contribution in [0.3, 0.4) is 0 Å². The van der Waals surface area contributed by atoms with E-state index >= 15 is 0 Å². The van der Waals surface area contributed by atoms with Crippen LogP contribution in [0.15, 0.2) is 22.9 Å². The first-order chi connectivity index (χ1) is 10.1. The lowest BCUT2D eigenvalue weighted by Gasteiger charge is -2.39. The Morgan fingerprint density at radius 1 is 1.48 bits per heavy atom. The van der Waals surface area contributed by atoms with Crippen LogP contribution in [0.5, 0.6) is 0 Å². The molecule has 1 fully saturated rings. The smallest absolute Gasteiger partial charge is 0.0858 e. The molecule has 1 saturated heterocycles. The number of pyridine rings is 1. The number of nitrogens with one attached hydrogen (secondary N) is 1. The van der Waals surface area contributed by atoms with E-state index in [1.165, 1.54) is 5.56 Å². The third-order valence-electron chi connectivity index (χ3n) is 3.99. The molecule has 1 aliphatic heterocycles. The molecule has 1 aromatic heterocycles. The number of rotatable bonds is 6. The summed E-state index contributed by atoms with van der Waals surface area (Å²) in [6.07, 6.45) is 4.94. The Balaban J connectivity index is 2.03. The zero-order valence-electron chi connectivity index (χ0n) is 13.2. The van der Waals surface area contributed by atoms with Crippen LogP contribution in [-0.2, 0) is 11.2 Å². The Hall–Kier alpha value is -0.490. The van der Waals surface area contributed by atoms with Gasteiger partial charge < -0.3 is 10.1 Å². The van der Waals surface area contributed by atoms with Crippen LogP contribution in [-0.4, -0.2) is 54.3 Å². The Bertz CT molecular complexity index is 441. The molecule has 2 atom stereocenters. The molecule has 5 heteroatoms. The molecule has 118 valence electrons. The fraction of sp³-hybridized carbons (Fsp3) is 0.688. The minimum Gasteiger partial charge on any atom is -0.374 e. The van der Waals surface area contributed by atoms with Gasteiger partial charge >= 0.3 is 0 Å². The number of morpholine rings is 1. The molecular weight excluding hydrogens is 330 g/mol. The Kier molecular flexibility index (Phi) is 6.61. The van der Waals surface area contributed by atoms with Crippen molar-refractivity contribution in [2.24, 2.45) is 0 Å². The van der Waals surface area contributed by atoms with Crippen molar-refractivity contribution in [2.45, 2.75) is 45.4 Å². The second-order valence-electron chi connectivity index (χ2n) is 5.88. The van der Waals surface area contributed by atoms with Gasteiger partial charge in [-0.25, -0.2) is 0 Å². The SMILES string of the molecule is CCNC(Cc1cncc(Br)c1)C1CN(C(C)C)CCO1. The van der Waals surface area contributed by atoms with Gasteiger partial charge in [0.2, 0.25) is 0 Å². The second kappa shape index (κ2) is 8.22. The molecule has 21 heavy (non-hydrogen) atoms. The second-order valence-corrected chi connectivity index (χ2v) is 6.79. The number of likely N-dealkylation sites (N-methyl/N-ethyl adjacent to an activating group) is 1. The van der Waals surface area contributed by atoms with Gasteiger partial charge in [0.05, 0.1) is 12.7 Å². The molecule has 0 radical (unpaired) electrons. The summed E-state index contributed by atoms with van der Waals surface area (Å²) in [4.78, 5) is 6.76. The van der Waals surface area contributed by atoms with Crippen molar-refractivity contribution >= 4 is 15.9 Å². The van der Waals surface area contributed by atoms with E-state index < -0.39 is 0 Å². The number of hydrogen-bond acceptors (Lipinski definition) is 4. The Morgan fingerprint density at radius 3 is 2.95 bits per heavy atom. The number of nitrogens with zero attached hydrogens (tertiary/aromatic N) is 2. The summed E-state index contributed by atoms with van der Waals surface area (Å²) in [6, 6.07) is 3.04. The lowest BCUT2D eigenvalue weighted by Crippen LogP contribution is -2.54. The van der Waals surface area contributed by atoms with E-state index in [-0.39, 0.29) is 6.10 Å². The van der Waals surface area contributed by atoms with Crippen molar-refractivity contribution in [3.05, 3.63) is 28.5 Å². The molecule has 0 amide bonds. The zero-order chi connectivity index (χ0) is 15.2. The molecule has 1 N–H and O–H groups in total. The topological polar surface area (TPSA) is 37.4 Å². The summed E-state index contributed by atoms with van der Waals surface area (Å²) < 4.78 is 7.07. The van der Waals surface area contributed by atoms with E-state index in [0.29, 0.717) is 12.1 Å². The van der Waals surface area contributed by atoms with Crippen molar-refractivity contribution in [1.29, 1.82) is 0 Å². The number of ether oxygens (including phenoxy) is 1. The van der Waals surface area contributed by atoms with E-state index in [4.69, 9.17) is 4.74 Å². The fourth-order valence-corrected chi connectivity index (χ4v) is 3.24. The first kappa shape index (κ1) is 16.9. The third-order valence-corrected chi connectivity index (χ3v) is 4.42. The fourth-order valence-electron chi connectivity index (χ4n) is 2.83. The number of hydrogen-bond donors (Lipinski definition) is 1. The molecule has 2 rings (SSSR count). The summed E-state index contributed by atoms with van der Waals surface area (Å²) >= 11 is 3.49. The van der Waals surface area contributed by atoms with Gasteiger partial charge in [0.25, 0.3) is 0 Å². The van der Waals surface area contributed by atoms with Gasteiger partial charge in [0.15, 0.2) is 0 Å². The molecule has 0 aromatic carbocycles. The molecule has 0 saturated carbocycles. The van der Waals surface area contributed by atoms with Crippen LogP contribution >= 0.6 is 15.9 Å². The lowest BCUT2D eigenvalue weighted by molar-refractivity contribution is -0.0550. The van der Waals surface area contributed by atoms with E-state index in [9.17, 15) is 0 Å². The monoisotopic (exact) mass is 355 g/mol. The van der Waals surface area contributed by atoms with Crippen LogP contribution in [0, 0.1) is 0 Å². The molecule has 1 aromatic rings. The van der Waals surface area contributed by atoms with Crippen LogP contribution < -0.4 is 5.32 Å². The van der Waals surface area contributed by atoms with Crippen molar-refractivity contribution in [1.82, 2.24) is 15.2 Å². The van der Waals surface area contributed by atoms with E-state index in [0.717, 1.165) is 37.1 Å². The molecule has 0 spiro atoms. The summed E-state index contributed by atoms with van der Waals surface area (Å²) in [7, 11) is 0. The van der Waals surface area contributed by atoms with E-state index in [1.807, 2.05) is 12.4 Å². The van der Waals surface area contributed by atoms with Crippen molar-refractivity contribution in [3.63, 3.8) is 0 Å². The molecule has 2 heterocycles. The quantitative estimate of drug-likeness (QED) is 0.850. The highest BCUT2D eigenvalue weighted by molar-refractivity contribution is 9.10. The zero-order valence-corrected chi connectivity index (χ0v) is 14.8. The van der Waals surface area contributed by atoms with Crippen LogP contribution in [0.4, 0.5) is 0 Å². The average molecular weight is 356 g/mol. The highest BCUT2D eigenvalue weighted by atomic mass is 79.9. The lowest BCUT2D eigenvalue weighted by atomic mass is 10.0. The maximum absolute atomic E-state index is 6.04. The van der Waals surface area contributed by atoms with Crippen molar-refractivity contribution in [2.75, 3.05) is 26.2 Å². The van der Waals surface area contributed by atoms with Gasteiger partial charge in [-0.1, -0.05) is 6.92 Å². The molecule has 2 unspecified atom stereocenters. The molecular formula is C16H26BrN3O. The Labute approximate surface area is 136 Å². The van der Waals surface area contributed by atoms with Gasteiger partial charge in [-0.3, -0.25) is 9.88 Å². The van der Waals surface area contributed by atoms with Gasteiger partial charge in [0.1, 0.15) is 0 Å². The standard InChI is InChI=1S/C16H26BrN3O/c1-4-19-15(8-13-7-14(17)10-18-9-13)16-11-20(12(2)3)5-6-21-16/h7,9-10,12,15-16,19H,4-6,8,11H2,1-3H3. The minimum atomic E-state index is 0.236. The summed E-state index contributed by atoms with van der Waals surface area (Å²) in [5.74, 6) is 0. The van der Waals surface area contributed by atoms with Crippen LogP contribution in [0.1, 0.15) is 26.3 Å². The summed E-state index contributed by atoms with van der Waals surface area (Å²) in [6.45, 7) is 10.5. The van der Waals surface area contributed by atoms with E-state index in [1.54, 1.807) is 0 Å². The average Bonchev–Trinajstić information content (AvgIpc) is 2.47. The van der Waals surface area contributed by atoms with Gasteiger partial charge in [-0.15, -0.1) is 0 Å². The Morgan fingerprint density at radius 2 is 2.29 bits per heavy atom. The number of aromatic nitrogens is 1. The molecule has 0 bridgehead atoms. The van der Waals surface area contributed by atoms with Gasteiger partial charge in [0, 0.05) is 42.0 Å². The van der Waals surface area contributed by atoms with Gasteiger partial charge in [-0.2, -0.15) is 0 Å². The predicted molar refractivity (Wildman–Crippen MR) is 89.6 cm³/mol. The normalized spacial score (nSPS) is 21.7. The maximum atomic E-state index is 6.04. The summed E-state index contributed by atoms with van der Waals surface area (Å²) in [5.41, 5.74) is 1.24. The van der Waals surface area contributed by atoms with Crippen LogP contribution in [0.2, 0.25) is 0 Å². The van der Waals surface area contributed by atoms with Crippen LogP contribution in [0.25, 0.3) is 0 Å². The van der Waals surface area contributed by atoms with Crippen molar-refractivity contribution < 1.29 is 4.74 Å². The first-order valence-corrected chi connectivity index (χ1v) is 8.58. The number of halogens is 1. The maximum Gasteiger partial charge on any atom is 0.0858 e. The van der Waals surface area contributed by atoms with E-state index in [2.05, 4.69) is 58.0 Å². The summed E-state index contributed by atoms with van der Waals surface area (Å²) in [5, 5.41) is 3.59. The minimum absolute atomic E-state index is 0.236. The van der Waals surface area contributed by atoms with Gasteiger partial charge in [-0.05, 0) is 54.4 Å². The molecule has 0 aliphatic carbocycles. The predicted octanol–water partition coefficient (Wildman–Crippen LogP) is 2.47. The first-order valence-electron chi connectivity index (χ1n) is 7.78. The highest BCUT2D eigenvalue weighted by Gasteiger charge is 2.28. The molecule has 4 nitrogen and oxygen atoms in total. The molecule has 1 aliphatic rings. The largest absolute Gasteiger partial charge is 0.374 e. The van der Waals surface area contributed by atoms with Crippen molar-refractivity contribution in [3.8, 4) is 0 Å². The highest BCUT2D eigenvalue weighted by Crippen LogP contribution is 2.17.